The van der Waals surface area contributed by atoms with Crippen LogP contribution in [0.4, 0.5) is 9.59 Å². The molecule has 2 aromatic carbocycles. The maximum atomic E-state index is 13.5. The Bertz CT molecular complexity index is 1510. The summed E-state index contributed by atoms with van der Waals surface area (Å²) in [5, 5.41) is 8.49. The Morgan fingerprint density at radius 2 is 1.56 bits per heavy atom. The fourth-order valence-electron chi connectivity index (χ4n) is 7.17. The summed E-state index contributed by atoms with van der Waals surface area (Å²) in [5.74, 6) is 0.958. The molecule has 14 heteroatoms. The number of nitrogens with zero attached hydrogens (tertiary/aromatic N) is 2. The van der Waals surface area contributed by atoms with E-state index in [1.807, 2.05) is 28.0 Å². The van der Waals surface area contributed by atoms with Crippen molar-refractivity contribution in [3.05, 3.63) is 65.7 Å². The van der Waals surface area contributed by atoms with E-state index in [1.54, 1.807) is 20.8 Å². The molecular formula is C40H57N5O9. The summed E-state index contributed by atoms with van der Waals surface area (Å²) in [6.45, 7) is 10.3. The number of fused-ring (bicyclic) bond motifs is 1. The number of piperidine rings is 2. The van der Waals surface area contributed by atoms with Gasteiger partial charge in [-0.2, -0.15) is 0 Å². The van der Waals surface area contributed by atoms with Crippen molar-refractivity contribution < 1.29 is 42.9 Å². The van der Waals surface area contributed by atoms with E-state index >= 15 is 0 Å². The Labute approximate surface area is 318 Å². The van der Waals surface area contributed by atoms with Crippen molar-refractivity contribution in [2.75, 3.05) is 78.9 Å². The van der Waals surface area contributed by atoms with Crippen LogP contribution in [0.1, 0.15) is 63.5 Å². The zero-order valence-corrected chi connectivity index (χ0v) is 31.9. The molecule has 0 radical (unpaired) electrons. The Kier molecular flexibility index (Phi) is 15.4. The lowest BCUT2D eigenvalue weighted by Gasteiger charge is -2.44. The van der Waals surface area contributed by atoms with Crippen LogP contribution in [0.5, 0.6) is 5.75 Å². The lowest BCUT2D eigenvalue weighted by atomic mass is 9.76. The first-order chi connectivity index (χ1) is 26.1. The largest absolute Gasteiger partial charge is 0.492 e. The molecule has 296 valence electrons. The molecule has 3 N–H and O–H groups in total. The predicted octanol–water partition coefficient (Wildman–Crippen LogP) is 3.68. The van der Waals surface area contributed by atoms with Gasteiger partial charge in [-0.1, -0.05) is 42.5 Å². The molecule has 2 aromatic rings. The van der Waals surface area contributed by atoms with E-state index in [0.29, 0.717) is 71.6 Å². The summed E-state index contributed by atoms with van der Waals surface area (Å²) in [6, 6.07) is 18.5. The van der Waals surface area contributed by atoms with Gasteiger partial charge in [0.15, 0.2) is 0 Å². The third-order valence-electron chi connectivity index (χ3n) is 9.71. The number of alkyl carbamates (subject to hydrolysis) is 1. The van der Waals surface area contributed by atoms with Gasteiger partial charge in [0.05, 0.1) is 45.1 Å². The van der Waals surface area contributed by atoms with E-state index in [2.05, 4.69) is 52.3 Å². The quantitative estimate of drug-likeness (QED) is 0.218. The summed E-state index contributed by atoms with van der Waals surface area (Å²) in [4.78, 5) is 53.1. The fourth-order valence-corrected chi connectivity index (χ4v) is 7.17. The third-order valence-corrected chi connectivity index (χ3v) is 9.71. The molecule has 0 aliphatic carbocycles. The summed E-state index contributed by atoms with van der Waals surface area (Å²) in [6.07, 6.45) is 2.18. The van der Waals surface area contributed by atoms with Crippen molar-refractivity contribution in [2.24, 2.45) is 5.92 Å². The van der Waals surface area contributed by atoms with Crippen LogP contribution in [0.15, 0.2) is 54.6 Å². The molecule has 3 atom stereocenters. The minimum Gasteiger partial charge on any atom is -0.492 e. The van der Waals surface area contributed by atoms with Crippen molar-refractivity contribution in [2.45, 2.75) is 70.1 Å². The van der Waals surface area contributed by atoms with Crippen LogP contribution in [0, 0.1) is 5.92 Å². The summed E-state index contributed by atoms with van der Waals surface area (Å²) < 4.78 is 27.8. The first kappa shape index (κ1) is 40.8. The molecule has 0 unspecified atom stereocenters. The molecule has 3 fully saturated rings. The van der Waals surface area contributed by atoms with Crippen LogP contribution in [-0.2, 0) is 28.5 Å². The Balaban J connectivity index is 1.01. The minimum atomic E-state index is -0.545. The van der Waals surface area contributed by atoms with Gasteiger partial charge in [0.1, 0.15) is 24.6 Å². The smallest absolute Gasteiger partial charge is 0.407 e. The number of urea groups is 1. The number of nitrogens with one attached hydrogen (secondary N) is 3. The zero-order chi connectivity index (χ0) is 38.3. The van der Waals surface area contributed by atoms with Crippen LogP contribution >= 0.6 is 0 Å². The molecule has 0 bridgehead atoms. The van der Waals surface area contributed by atoms with E-state index in [1.165, 1.54) is 5.56 Å². The second kappa shape index (κ2) is 20.3. The number of likely N-dealkylation sites (tertiary alicyclic amines) is 2. The number of rotatable bonds is 16. The van der Waals surface area contributed by atoms with Gasteiger partial charge in [0.2, 0.25) is 11.8 Å². The van der Waals surface area contributed by atoms with E-state index < -0.39 is 11.7 Å². The highest BCUT2D eigenvalue weighted by molar-refractivity contribution is 5.79. The lowest BCUT2D eigenvalue weighted by molar-refractivity contribution is -0.139. The van der Waals surface area contributed by atoms with Gasteiger partial charge >= 0.3 is 12.1 Å². The highest BCUT2D eigenvalue weighted by Crippen LogP contribution is 2.39. The van der Waals surface area contributed by atoms with E-state index in [4.69, 9.17) is 23.7 Å². The second-order valence-electron chi connectivity index (χ2n) is 14.9. The van der Waals surface area contributed by atoms with Crippen molar-refractivity contribution in [3.63, 3.8) is 0 Å². The van der Waals surface area contributed by atoms with Crippen LogP contribution in [0.25, 0.3) is 0 Å². The SMILES string of the molecule is CC(C)(C)OC(=O)NCCOCCOCCC(=O)NCCOc1cccc([C@H](c2ccccc2)C2CCN(C(=O)N3CC[C@@H]4OCC(=O)N[C@@H]4C3)CC2)c1. The maximum absolute atomic E-state index is 13.5. The molecule has 3 saturated heterocycles. The van der Waals surface area contributed by atoms with Crippen LogP contribution in [0.3, 0.4) is 0 Å². The molecule has 5 rings (SSSR count). The summed E-state index contributed by atoms with van der Waals surface area (Å²) in [5.41, 5.74) is 1.84. The molecule has 3 heterocycles. The van der Waals surface area contributed by atoms with Crippen molar-refractivity contribution in [1.82, 2.24) is 25.8 Å². The van der Waals surface area contributed by atoms with Gasteiger partial charge in [-0.3, -0.25) is 9.59 Å². The van der Waals surface area contributed by atoms with E-state index in [9.17, 15) is 19.2 Å². The molecule has 0 spiro atoms. The van der Waals surface area contributed by atoms with Gasteiger partial charge < -0.3 is 49.4 Å². The number of ether oxygens (including phenoxy) is 5. The van der Waals surface area contributed by atoms with Crippen LogP contribution in [0.2, 0.25) is 0 Å². The topological polar surface area (TPSA) is 157 Å². The van der Waals surface area contributed by atoms with Crippen molar-refractivity contribution in [3.8, 4) is 5.75 Å². The first-order valence-electron chi connectivity index (χ1n) is 19.2. The highest BCUT2D eigenvalue weighted by Gasteiger charge is 2.39. The number of morpholine rings is 1. The Hall–Kier alpha value is -4.40. The second-order valence-corrected chi connectivity index (χ2v) is 14.9. The normalized spacial score (nSPS) is 19.6. The van der Waals surface area contributed by atoms with Crippen molar-refractivity contribution >= 4 is 23.9 Å². The minimum absolute atomic E-state index is 0.0275. The molecule has 0 saturated carbocycles. The number of carbonyl (C=O) groups excluding carboxylic acids is 4. The van der Waals surface area contributed by atoms with Crippen molar-refractivity contribution in [1.29, 1.82) is 0 Å². The van der Waals surface area contributed by atoms with Crippen LogP contribution in [-0.4, -0.2) is 130 Å². The fraction of sp³-hybridized carbons (Fsp3) is 0.600. The first-order valence-corrected chi connectivity index (χ1v) is 19.2. The monoisotopic (exact) mass is 751 g/mol. The van der Waals surface area contributed by atoms with Gasteiger partial charge in [0.25, 0.3) is 0 Å². The molecule has 3 aliphatic rings. The number of amides is 5. The molecule has 14 nitrogen and oxygen atoms in total. The van der Waals surface area contributed by atoms with Gasteiger partial charge in [-0.15, -0.1) is 0 Å². The lowest BCUT2D eigenvalue weighted by Crippen LogP contribution is -2.62. The molecule has 5 amide bonds. The molecule has 54 heavy (non-hydrogen) atoms. The number of hydrogen-bond donors (Lipinski definition) is 3. The van der Waals surface area contributed by atoms with Crippen LogP contribution < -0.4 is 20.7 Å². The molecule has 3 aliphatic heterocycles. The summed E-state index contributed by atoms with van der Waals surface area (Å²) >= 11 is 0. The van der Waals surface area contributed by atoms with E-state index in [0.717, 1.165) is 30.6 Å². The average molecular weight is 752 g/mol. The highest BCUT2D eigenvalue weighted by atomic mass is 16.6. The van der Waals surface area contributed by atoms with Gasteiger partial charge in [-0.25, -0.2) is 9.59 Å². The number of benzene rings is 2. The maximum Gasteiger partial charge on any atom is 0.407 e. The number of carbonyl (C=O) groups is 4. The number of hydrogen-bond acceptors (Lipinski definition) is 9. The average Bonchev–Trinajstić information content (AvgIpc) is 3.15. The Morgan fingerprint density at radius 1 is 0.852 bits per heavy atom. The molecular weight excluding hydrogens is 694 g/mol. The third kappa shape index (κ3) is 12.9. The standard InChI is InChI=1S/C40H57N5O9/c1-40(2,3)54-38(48)42-16-22-51-25-24-50-21-15-35(46)41-17-23-52-32-11-7-10-31(26-32)37(29-8-5-4-6-9-29)30-12-18-44(19-13-30)39(49)45-20-14-34-33(27-45)43-36(47)28-53-34/h4-11,26,30,33-34,37H,12-25,27-28H2,1-3H3,(H,41,46)(H,42,48)(H,43,47)/t33-,34+,37-/m1/s1. The van der Waals surface area contributed by atoms with Gasteiger partial charge in [0, 0.05) is 45.1 Å². The van der Waals surface area contributed by atoms with E-state index in [-0.39, 0.29) is 55.5 Å². The predicted molar refractivity (Wildman–Crippen MR) is 201 cm³/mol. The Morgan fingerprint density at radius 3 is 2.31 bits per heavy atom. The summed E-state index contributed by atoms with van der Waals surface area (Å²) in [7, 11) is 0. The molecule has 0 aromatic heterocycles. The van der Waals surface area contributed by atoms with Gasteiger partial charge in [-0.05, 0) is 69.2 Å². The zero-order valence-electron chi connectivity index (χ0n) is 31.9.